The van der Waals surface area contributed by atoms with Crippen LogP contribution in [0.25, 0.3) is 0 Å². The van der Waals surface area contributed by atoms with Gasteiger partial charge in [0.15, 0.2) is 0 Å². The Balaban J connectivity index is 1.45. The lowest BCUT2D eigenvalue weighted by Crippen LogP contribution is -2.73. The summed E-state index contributed by atoms with van der Waals surface area (Å²) >= 11 is 0. The minimum absolute atomic E-state index is 0.0307. The third-order valence-electron chi connectivity index (χ3n) is 4.60. The van der Waals surface area contributed by atoms with E-state index in [2.05, 4.69) is 30.6 Å². The molecule has 0 aromatic carbocycles. The van der Waals surface area contributed by atoms with Gasteiger partial charge in [0, 0.05) is 43.6 Å². The van der Waals surface area contributed by atoms with Gasteiger partial charge in [-0.05, 0) is 18.8 Å². The van der Waals surface area contributed by atoms with E-state index >= 15 is 0 Å². The number of rotatable bonds is 3. The Bertz CT molecular complexity index is 332. The molecule has 0 radical (unpaired) electrons. The van der Waals surface area contributed by atoms with Crippen molar-refractivity contribution in [2.24, 2.45) is 16.7 Å². The molecule has 0 N–H and O–H groups in total. The van der Waals surface area contributed by atoms with Crippen molar-refractivity contribution >= 4 is 5.91 Å². The van der Waals surface area contributed by atoms with E-state index in [1.165, 1.54) is 19.6 Å². The van der Waals surface area contributed by atoms with Gasteiger partial charge in [-0.2, -0.15) is 0 Å². The Morgan fingerprint density at radius 3 is 2.24 bits per heavy atom. The second-order valence-electron chi connectivity index (χ2n) is 7.29. The molecule has 3 aliphatic rings. The Morgan fingerprint density at radius 2 is 1.76 bits per heavy atom. The van der Waals surface area contributed by atoms with E-state index in [0.717, 1.165) is 31.8 Å². The first-order valence-corrected chi connectivity index (χ1v) is 6.94. The molecule has 0 aromatic rings. The molecule has 17 heavy (non-hydrogen) atoms. The smallest absolute Gasteiger partial charge is 0.228 e. The van der Waals surface area contributed by atoms with E-state index < -0.39 is 0 Å². The molecular formula is C14H24N2O. The zero-order chi connectivity index (χ0) is 12.3. The van der Waals surface area contributed by atoms with Crippen LogP contribution in [0.5, 0.6) is 0 Å². The van der Waals surface area contributed by atoms with Gasteiger partial charge in [0.2, 0.25) is 5.91 Å². The summed E-state index contributed by atoms with van der Waals surface area (Å²) in [6.45, 7) is 12.4. The summed E-state index contributed by atoms with van der Waals surface area (Å²) in [6.07, 6.45) is 2.21. The molecule has 2 heterocycles. The third-order valence-corrected chi connectivity index (χ3v) is 4.60. The first-order chi connectivity index (χ1) is 7.92. The molecule has 1 amide bonds. The predicted molar refractivity (Wildman–Crippen MR) is 67.6 cm³/mol. The number of hydrogen-bond donors (Lipinski definition) is 0. The molecule has 3 fully saturated rings. The Hall–Kier alpha value is -0.570. The maximum absolute atomic E-state index is 12.1. The van der Waals surface area contributed by atoms with Crippen molar-refractivity contribution in [1.82, 2.24) is 9.80 Å². The highest BCUT2D eigenvalue weighted by Crippen LogP contribution is 2.50. The highest BCUT2D eigenvalue weighted by molar-refractivity contribution is 5.85. The van der Waals surface area contributed by atoms with Crippen LogP contribution in [0.2, 0.25) is 0 Å². The fourth-order valence-electron chi connectivity index (χ4n) is 3.44. The number of amides is 1. The summed E-state index contributed by atoms with van der Waals surface area (Å²) < 4.78 is 0. The van der Waals surface area contributed by atoms with Crippen LogP contribution in [0.1, 0.15) is 33.6 Å². The Morgan fingerprint density at radius 1 is 1.18 bits per heavy atom. The van der Waals surface area contributed by atoms with Crippen LogP contribution in [0.4, 0.5) is 0 Å². The van der Waals surface area contributed by atoms with Gasteiger partial charge in [0.05, 0.1) is 0 Å². The van der Waals surface area contributed by atoms with Crippen molar-refractivity contribution in [3.63, 3.8) is 0 Å². The maximum Gasteiger partial charge on any atom is 0.228 e. The molecule has 3 nitrogen and oxygen atoms in total. The average Bonchev–Trinajstić information content (AvgIpc) is 2.85. The number of carbonyl (C=O) groups is 1. The Kier molecular flexibility index (Phi) is 2.35. The van der Waals surface area contributed by atoms with E-state index in [1.54, 1.807) is 0 Å². The van der Waals surface area contributed by atoms with Gasteiger partial charge in [-0.25, -0.2) is 0 Å². The number of likely N-dealkylation sites (tertiary alicyclic amines) is 2. The van der Waals surface area contributed by atoms with Crippen molar-refractivity contribution in [3.8, 4) is 0 Å². The van der Waals surface area contributed by atoms with Gasteiger partial charge in [-0.3, -0.25) is 4.79 Å². The van der Waals surface area contributed by atoms with E-state index in [0.29, 0.717) is 11.3 Å². The third kappa shape index (κ3) is 1.88. The lowest BCUT2D eigenvalue weighted by molar-refractivity contribution is -0.164. The zero-order valence-corrected chi connectivity index (χ0v) is 11.3. The van der Waals surface area contributed by atoms with Crippen LogP contribution < -0.4 is 0 Å². The molecule has 1 aliphatic carbocycles. The fourth-order valence-corrected chi connectivity index (χ4v) is 3.44. The summed E-state index contributed by atoms with van der Waals surface area (Å²) in [5.74, 6) is 1.18. The SMILES string of the molecule is CC(C)CN1CC2(C1)CN(C(=O)C1(C)CC1)C2. The van der Waals surface area contributed by atoms with Crippen molar-refractivity contribution < 1.29 is 4.79 Å². The van der Waals surface area contributed by atoms with Gasteiger partial charge in [-0.1, -0.05) is 20.8 Å². The van der Waals surface area contributed by atoms with Crippen molar-refractivity contribution in [2.45, 2.75) is 33.6 Å². The monoisotopic (exact) mass is 236 g/mol. The molecular weight excluding hydrogens is 212 g/mol. The van der Waals surface area contributed by atoms with E-state index in [4.69, 9.17) is 0 Å². The lowest BCUT2D eigenvalue weighted by Gasteiger charge is -2.61. The second-order valence-corrected chi connectivity index (χ2v) is 7.29. The topological polar surface area (TPSA) is 23.6 Å². The highest BCUT2D eigenvalue weighted by atomic mass is 16.2. The summed E-state index contributed by atoms with van der Waals surface area (Å²) in [7, 11) is 0. The molecule has 3 heteroatoms. The average molecular weight is 236 g/mol. The normalized spacial score (nSPS) is 29.1. The molecule has 2 aliphatic heterocycles. The number of nitrogens with zero attached hydrogens (tertiary/aromatic N) is 2. The van der Waals surface area contributed by atoms with Gasteiger partial charge in [-0.15, -0.1) is 0 Å². The molecule has 0 aromatic heterocycles. The summed E-state index contributed by atoms with van der Waals surface area (Å²) in [6, 6.07) is 0. The van der Waals surface area contributed by atoms with Crippen LogP contribution in [0, 0.1) is 16.7 Å². The molecule has 0 atom stereocenters. The van der Waals surface area contributed by atoms with Gasteiger partial charge < -0.3 is 9.80 Å². The van der Waals surface area contributed by atoms with E-state index in [-0.39, 0.29) is 5.41 Å². The highest BCUT2D eigenvalue weighted by Gasteiger charge is 2.57. The molecule has 1 saturated carbocycles. The molecule has 2 saturated heterocycles. The molecule has 3 rings (SSSR count). The van der Waals surface area contributed by atoms with Crippen LogP contribution >= 0.6 is 0 Å². The van der Waals surface area contributed by atoms with Gasteiger partial charge >= 0.3 is 0 Å². The maximum atomic E-state index is 12.1. The van der Waals surface area contributed by atoms with Crippen molar-refractivity contribution in [3.05, 3.63) is 0 Å². The van der Waals surface area contributed by atoms with Gasteiger partial charge in [0.25, 0.3) is 0 Å². The van der Waals surface area contributed by atoms with Crippen LogP contribution in [-0.4, -0.2) is 48.4 Å². The summed E-state index contributed by atoms with van der Waals surface area (Å²) in [5.41, 5.74) is 0.513. The standard InChI is InChI=1S/C14H24N2O/c1-11(2)6-15-7-14(8-15)9-16(10-14)12(17)13(3)4-5-13/h11H,4-10H2,1-3H3. The number of carbonyl (C=O) groups excluding carboxylic acids is 1. The quantitative estimate of drug-likeness (QED) is 0.743. The van der Waals surface area contributed by atoms with Crippen LogP contribution in [-0.2, 0) is 4.79 Å². The zero-order valence-electron chi connectivity index (χ0n) is 11.3. The minimum Gasteiger partial charge on any atom is -0.341 e. The predicted octanol–water partition coefficient (Wildman–Crippen LogP) is 1.59. The molecule has 1 spiro atoms. The lowest BCUT2D eigenvalue weighted by atomic mass is 9.72. The van der Waals surface area contributed by atoms with E-state index in [9.17, 15) is 4.79 Å². The molecule has 0 unspecified atom stereocenters. The van der Waals surface area contributed by atoms with Gasteiger partial charge in [0.1, 0.15) is 0 Å². The second kappa shape index (κ2) is 3.47. The first-order valence-electron chi connectivity index (χ1n) is 6.94. The fraction of sp³-hybridized carbons (Fsp3) is 0.929. The largest absolute Gasteiger partial charge is 0.341 e. The summed E-state index contributed by atoms with van der Waals surface area (Å²) in [5, 5.41) is 0. The first kappa shape index (κ1) is 11.5. The van der Waals surface area contributed by atoms with Crippen molar-refractivity contribution in [1.29, 1.82) is 0 Å². The minimum atomic E-state index is 0.0307. The Labute approximate surface area is 104 Å². The van der Waals surface area contributed by atoms with E-state index in [1.807, 2.05) is 0 Å². The summed E-state index contributed by atoms with van der Waals surface area (Å²) in [4.78, 5) is 16.7. The van der Waals surface area contributed by atoms with Crippen molar-refractivity contribution in [2.75, 3.05) is 32.7 Å². The van der Waals surface area contributed by atoms with Crippen LogP contribution in [0.15, 0.2) is 0 Å². The number of hydrogen-bond acceptors (Lipinski definition) is 2. The molecule has 96 valence electrons. The molecule has 0 bridgehead atoms. The van der Waals surface area contributed by atoms with Crippen LogP contribution in [0.3, 0.4) is 0 Å².